The third-order valence-corrected chi connectivity index (χ3v) is 6.83. The topological polar surface area (TPSA) is 72.2 Å². The molecule has 2 aromatic carbocycles. The minimum atomic E-state index is -4.39. The van der Waals surface area contributed by atoms with Crippen LogP contribution in [-0.4, -0.2) is 32.6 Å². The summed E-state index contributed by atoms with van der Waals surface area (Å²) in [5.41, 5.74) is 4.29. The summed E-state index contributed by atoms with van der Waals surface area (Å²) in [6.07, 6.45) is 2.54. The van der Waals surface area contributed by atoms with Crippen LogP contribution < -0.4 is 5.43 Å². The lowest BCUT2D eigenvalue weighted by atomic mass is 9.95. The number of halogens is 3. The summed E-state index contributed by atoms with van der Waals surface area (Å²) in [4.78, 5) is 12.3. The van der Waals surface area contributed by atoms with Crippen LogP contribution in [0.4, 0.5) is 13.2 Å². The van der Waals surface area contributed by atoms with E-state index in [2.05, 4.69) is 25.3 Å². The predicted octanol–water partition coefficient (Wildman–Crippen LogP) is 6.02. The van der Waals surface area contributed by atoms with E-state index in [9.17, 15) is 18.0 Å². The number of hydrazone groups is 1. The van der Waals surface area contributed by atoms with Crippen LogP contribution in [0.25, 0.3) is 11.4 Å². The van der Waals surface area contributed by atoms with Gasteiger partial charge in [0.25, 0.3) is 5.91 Å². The molecule has 1 heterocycles. The Balaban J connectivity index is 1.41. The van der Waals surface area contributed by atoms with E-state index in [-0.39, 0.29) is 11.7 Å². The lowest BCUT2D eigenvalue weighted by molar-refractivity contribution is -0.137. The first-order valence-electron chi connectivity index (χ1n) is 11.4. The quantitative estimate of drug-likeness (QED) is 0.244. The standard InChI is InChI=1S/C25H26F3N5OS/c1-17-7-11-19(12-8-17)23-31-32-24(33(23)21-5-3-2-4-6-21)35-16-22(34)30-29-15-18-9-13-20(14-10-18)25(26,27)28/h7-15,21H,2-6,16H2,1H3,(H,30,34)/b29-15-. The average Bonchev–Trinajstić information content (AvgIpc) is 3.27. The molecule has 3 aromatic rings. The van der Waals surface area contributed by atoms with Gasteiger partial charge in [-0.1, -0.05) is 73.0 Å². The molecule has 0 spiro atoms. The number of carbonyl (C=O) groups is 1. The van der Waals surface area contributed by atoms with Crippen molar-refractivity contribution in [2.24, 2.45) is 5.10 Å². The van der Waals surface area contributed by atoms with Gasteiger partial charge >= 0.3 is 6.18 Å². The first-order chi connectivity index (χ1) is 16.8. The van der Waals surface area contributed by atoms with Gasteiger partial charge in [-0.25, -0.2) is 5.43 Å². The maximum absolute atomic E-state index is 12.7. The number of nitrogens with one attached hydrogen (secondary N) is 1. The summed E-state index contributed by atoms with van der Waals surface area (Å²) in [5.74, 6) is 0.552. The molecule has 0 radical (unpaired) electrons. The number of hydrogen-bond acceptors (Lipinski definition) is 5. The number of benzene rings is 2. The second-order valence-corrected chi connectivity index (χ2v) is 9.48. The fourth-order valence-electron chi connectivity index (χ4n) is 4.04. The minimum Gasteiger partial charge on any atom is -0.299 e. The molecular formula is C25H26F3N5OS. The minimum absolute atomic E-state index is 0.0864. The molecule has 0 bridgehead atoms. The normalized spacial score (nSPS) is 15.0. The van der Waals surface area contributed by atoms with Gasteiger partial charge in [-0.3, -0.25) is 9.36 Å². The summed E-state index contributed by atoms with van der Waals surface area (Å²) >= 11 is 1.30. The maximum Gasteiger partial charge on any atom is 0.416 e. The van der Waals surface area contributed by atoms with Gasteiger partial charge in [0, 0.05) is 11.6 Å². The molecule has 35 heavy (non-hydrogen) atoms. The Hall–Kier alpha value is -3.14. The van der Waals surface area contributed by atoms with Gasteiger partial charge in [0.15, 0.2) is 11.0 Å². The summed E-state index contributed by atoms with van der Waals surface area (Å²) in [6.45, 7) is 2.04. The molecule has 6 nitrogen and oxygen atoms in total. The van der Waals surface area contributed by atoms with Crippen LogP contribution in [0.3, 0.4) is 0 Å². The van der Waals surface area contributed by atoms with Crippen molar-refractivity contribution in [2.75, 3.05) is 5.75 Å². The molecule has 1 aliphatic carbocycles. The number of carbonyl (C=O) groups excluding carboxylic acids is 1. The van der Waals surface area contributed by atoms with Gasteiger partial charge < -0.3 is 0 Å². The second-order valence-electron chi connectivity index (χ2n) is 8.54. The Labute approximate surface area is 206 Å². The highest BCUT2D eigenvalue weighted by atomic mass is 32.2. The third kappa shape index (κ3) is 6.50. The van der Waals surface area contributed by atoms with Crippen LogP contribution in [0.1, 0.15) is 54.8 Å². The van der Waals surface area contributed by atoms with Crippen molar-refractivity contribution in [1.29, 1.82) is 0 Å². The molecule has 184 valence electrons. The molecule has 0 aliphatic heterocycles. The van der Waals surface area contributed by atoms with Gasteiger partial charge in [0.1, 0.15) is 0 Å². The summed E-state index contributed by atoms with van der Waals surface area (Å²) < 4.78 is 40.1. The smallest absolute Gasteiger partial charge is 0.299 e. The average molecular weight is 502 g/mol. The Kier molecular flexibility index (Phi) is 7.90. The van der Waals surface area contributed by atoms with Crippen LogP contribution in [0.2, 0.25) is 0 Å². The molecule has 1 amide bonds. The number of rotatable bonds is 7. The molecule has 0 unspecified atom stereocenters. The van der Waals surface area contributed by atoms with E-state index in [1.54, 1.807) is 0 Å². The van der Waals surface area contributed by atoms with Crippen molar-refractivity contribution < 1.29 is 18.0 Å². The monoisotopic (exact) mass is 501 g/mol. The number of amides is 1. The van der Waals surface area contributed by atoms with E-state index in [4.69, 9.17) is 0 Å². The van der Waals surface area contributed by atoms with Crippen molar-refractivity contribution in [3.05, 3.63) is 65.2 Å². The molecule has 1 saturated carbocycles. The molecule has 0 saturated heterocycles. The molecule has 0 atom stereocenters. The highest BCUT2D eigenvalue weighted by Crippen LogP contribution is 2.35. The number of aromatic nitrogens is 3. The SMILES string of the molecule is Cc1ccc(-c2nnc(SCC(=O)N/N=C\c3ccc(C(F)(F)F)cc3)n2C2CCCCC2)cc1. The van der Waals surface area contributed by atoms with Crippen molar-refractivity contribution in [1.82, 2.24) is 20.2 Å². The van der Waals surface area contributed by atoms with Crippen molar-refractivity contribution in [2.45, 2.75) is 56.4 Å². The molecule has 1 N–H and O–H groups in total. The second kappa shape index (κ2) is 11.1. The Morgan fingerprint density at radius 1 is 1.09 bits per heavy atom. The molecule has 1 fully saturated rings. The molecule has 4 rings (SSSR count). The summed E-state index contributed by atoms with van der Waals surface area (Å²) in [5, 5.41) is 13.4. The van der Waals surface area contributed by atoms with Crippen molar-refractivity contribution in [3.63, 3.8) is 0 Å². The Morgan fingerprint density at radius 2 is 1.77 bits per heavy atom. The third-order valence-electron chi connectivity index (χ3n) is 5.89. The van der Waals surface area contributed by atoms with Gasteiger partial charge in [-0.15, -0.1) is 10.2 Å². The maximum atomic E-state index is 12.7. The van der Waals surface area contributed by atoms with E-state index < -0.39 is 11.7 Å². The zero-order valence-corrected chi connectivity index (χ0v) is 20.1. The van der Waals surface area contributed by atoms with Gasteiger partial charge in [0.2, 0.25) is 0 Å². The van der Waals surface area contributed by atoms with Crippen LogP contribution in [0.5, 0.6) is 0 Å². The molecular weight excluding hydrogens is 475 g/mol. The van der Waals surface area contributed by atoms with Gasteiger partial charge in [-0.2, -0.15) is 18.3 Å². The number of aryl methyl sites for hydroxylation is 1. The van der Waals surface area contributed by atoms with E-state index in [0.717, 1.165) is 49.2 Å². The Bertz CT molecular complexity index is 1170. The molecule has 1 aliphatic rings. The zero-order valence-electron chi connectivity index (χ0n) is 19.3. The molecule has 1 aromatic heterocycles. The van der Waals surface area contributed by atoms with Crippen molar-refractivity contribution in [3.8, 4) is 11.4 Å². The number of hydrogen-bond donors (Lipinski definition) is 1. The van der Waals surface area contributed by atoms with Gasteiger partial charge in [-0.05, 0) is 37.5 Å². The van der Waals surface area contributed by atoms with E-state index in [1.807, 2.05) is 31.2 Å². The lowest BCUT2D eigenvalue weighted by Crippen LogP contribution is -2.20. The largest absolute Gasteiger partial charge is 0.416 e. The highest BCUT2D eigenvalue weighted by molar-refractivity contribution is 7.99. The summed E-state index contributed by atoms with van der Waals surface area (Å²) in [6, 6.07) is 13.0. The van der Waals surface area contributed by atoms with E-state index in [0.29, 0.717) is 16.8 Å². The first-order valence-corrected chi connectivity index (χ1v) is 12.4. The Morgan fingerprint density at radius 3 is 2.43 bits per heavy atom. The highest BCUT2D eigenvalue weighted by Gasteiger charge is 2.30. The van der Waals surface area contributed by atoms with E-state index in [1.165, 1.54) is 42.1 Å². The number of nitrogens with zero attached hydrogens (tertiary/aromatic N) is 4. The van der Waals surface area contributed by atoms with Crippen LogP contribution >= 0.6 is 11.8 Å². The molecule has 10 heteroatoms. The van der Waals surface area contributed by atoms with Crippen LogP contribution in [-0.2, 0) is 11.0 Å². The predicted molar refractivity (Wildman–Crippen MR) is 130 cm³/mol. The lowest BCUT2D eigenvalue weighted by Gasteiger charge is -2.25. The fraction of sp³-hybridized carbons (Fsp3) is 0.360. The number of thioether (sulfide) groups is 1. The zero-order chi connectivity index (χ0) is 24.8. The number of alkyl halides is 3. The first kappa shape index (κ1) is 25.0. The van der Waals surface area contributed by atoms with Gasteiger partial charge in [0.05, 0.1) is 17.5 Å². The van der Waals surface area contributed by atoms with Crippen LogP contribution in [0.15, 0.2) is 58.8 Å². The van der Waals surface area contributed by atoms with Crippen LogP contribution in [0, 0.1) is 6.92 Å². The van der Waals surface area contributed by atoms with Crippen molar-refractivity contribution >= 4 is 23.9 Å². The fourth-order valence-corrected chi connectivity index (χ4v) is 4.84. The van der Waals surface area contributed by atoms with E-state index >= 15 is 0 Å². The summed E-state index contributed by atoms with van der Waals surface area (Å²) in [7, 11) is 0.